The molecular formula is C49H31NS. The zero-order chi connectivity index (χ0) is 33.6. The fourth-order valence-electron chi connectivity index (χ4n) is 9.57. The van der Waals surface area contributed by atoms with Crippen LogP contribution in [-0.4, -0.2) is 4.57 Å². The second-order valence-electron chi connectivity index (χ2n) is 14.9. The molecule has 0 saturated heterocycles. The van der Waals surface area contributed by atoms with Crippen molar-refractivity contribution < 1.29 is 0 Å². The summed E-state index contributed by atoms with van der Waals surface area (Å²) in [6.45, 7) is 4.75. The summed E-state index contributed by atoms with van der Waals surface area (Å²) >= 11 is 1.89. The number of hydrogen-bond acceptors (Lipinski definition) is 1. The summed E-state index contributed by atoms with van der Waals surface area (Å²) in [7, 11) is 0. The van der Waals surface area contributed by atoms with E-state index in [1.54, 1.807) is 0 Å². The Balaban J connectivity index is 1.07. The van der Waals surface area contributed by atoms with E-state index >= 15 is 0 Å². The number of thiophene rings is 1. The minimum absolute atomic E-state index is 0.0588. The van der Waals surface area contributed by atoms with Crippen LogP contribution in [0.1, 0.15) is 25.0 Å². The fourth-order valence-corrected chi connectivity index (χ4v) is 10.6. The molecule has 0 fully saturated rings. The zero-order valence-electron chi connectivity index (χ0n) is 28.3. The highest BCUT2D eigenvalue weighted by Crippen LogP contribution is 2.52. The second-order valence-corrected chi connectivity index (χ2v) is 15.9. The summed E-state index contributed by atoms with van der Waals surface area (Å²) in [6, 6.07) is 57.3. The van der Waals surface area contributed by atoms with Crippen LogP contribution in [0.4, 0.5) is 0 Å². The smallest absolute Gasteiger partial charge is 0.0544 e. The average molecular weight is 666 g/mol. The third kappa shape index (κ3) is 3.55. The van der Waals surface area contributed by atoms with Crippen molar-refractivity contribution in [1.82, 2.24) is 4.57 Å². The van der Waals surface area contributed by atoms with Gasteiger partial charge in [0.25, 0.3) is 0 Å². The Morgan fingerprint density at radius 2 is 1.08 bits per heavy atom. The molecule has 1 nitrogen and oxygen atoms in total. The van der Waals surface area contributed by atoms with Crippen molar-refractivity contribution in [3.05, 3.63) is 163 Å². The van der Waals surface area contributed by atoms with Gasteiger partial charge in [0, 0.05) is 42.0 Å². The molecule has 10 aromatic rings. The van der Waals surface area contributed by atoms with E-state index in [0.717, 1.165) is 0 Å². The number of rotatable bonds is 2. The summed E-state index contributed by atoms with van der Waals surface area (Å²) in [5.41, 5.74) is 17.1. The first-order valence-electron chi connectivity index (χ1n) is 17.8. The molecule has 0 bridgehead atoms. The van der Waals surface area contributed by atoms with Gasteiger partial charge in [-0.25, -0.2) is 0 Å². The minimum atomic E-state index is -0.0588. The van der Waals surface area contributed by atoms with Crippen LogP contribution in [0.15, 0.2) is 152 Å². The molecule has 2 heterocycles. The zero-order valence-corrected chi connectivity index (χ0v) is 29.1. The van der Waals surface area contributed by atoms with Crippen molar-refractivity contribution in [3.63, 3.8) is 0 Å². The van der Waals surface area contributed by atoms with E-state index < -0.39 is 0 Å². The van der Waals surface area contributed by atoms with Crippen molar-refractivity contribution in [2.45, 2.75) is 19.3 Å². The largest absolute Gasteiger partial charge is 0.309 e. The quantitative estimate of drug-likeness (QED) is 0.173. The van der Waals surface area contributed by atoms with Gasteiger partial charge in [-0.1, -0.05) is 117 Å². The highest BCUT2D eigenvalue weighted by molar-refractivity contribution is 7.25. The summed E-state index contributed by atoms with van der Waals surface area (Å²) in [5.74, 6) is 0. The minimum Gasteiger partial charge on any atom is -0.309 e. The Morgan fingerprint density at radius 1 is 0.412 bits per heavy atom. The topological polar surface area (TPSA) is 4.93 Å². The molecule has 2 aromatic heterocycles. The van der Waals surface area contributed by atoms with Gasteiger partial charge in [-0.3, -0.25) is 0 Å². The summed E-state index contributed by atoms with van der Waals surface area (Å²) in [6.07, 6.45) is 0. The standard InChI is InChI=1S/C49H31NS/c1-49(2)42-16-7-5-12-33(42)38-26-39-34-13-6-8-17-44(34)50(45(39)27-43(38)49)29-19-23-47-41(25-29)40-24-28(18-22-46(40)51-47)30-20-21-37-32-11-4-3-10-31(32)36-15-9-14-35(30)48(36)37/h3-27H,1-2H3. The Bertz CT molecular complexity index is 3140. The maximum atomic E-state index is 2.50. The first-order chi connectivity index (χ1) is 25.0. The predicted octanol–water partition coefficient (Wildman–Crippen LogP) is 13.9. The van der Waals surface area contributed by atoms with Crippen LogP contribution in [0.2, 0.25) is 0 Å². The molecule has 0 atom stereocenters. The van der Waals surface area contributed by atoms with Gasteiger partial charge >= 0.3 is 0 Å². The molecule has 8 aromatic carbocycles. The SMILES string of the molecule is CC1(C)c2ccccc2-c2cc3c4ccccc4n(-c4ccc5sc6ccc(-c7ccc8c9c(cccc79)-c7ccccc7-8)cc6c5c4)c3cc21. The number of hydrogen-bond donors (Lipinski definition) is 0. The lowest BCUT2D eigenvalue weighted by atomic mass is 9.82. The van der Waals surface area contributed by atoms with Crippen LogP contribution in [0, 0.1) is 0 Å². The van der Waals surface area contributed by atoms with E-state index in [1.165, 1.54) is 114 Å². The van der Waals surface area contributed by atoms with E-state index in [1.807, 2.05) is 11.3 Å². The van der Waals surface area contributed by atoms with Gasteiger partial charge in [0.1, 0.15) is 0 Å². The van der Waals surface area contributed by atoms with E-state index in [4.69, 9.17) is 0 Å². The van der Waals surface area contributed by atoms with E-state index in [0.29, 0.717) is 0 Å². The summed E-state index contributed by atoms with van der Waals surface area (Å²) in [4.78, 5) is 0. The van der Waals surface area contributed by atoms with Crippen molar-refractivity contribution in [2.24, 2.45) is 0 Å². The number of benzene rings is 8. The lowest BCUT2D eigenvalue weighted by Gasteiger charge is -2.21. The molecular weight excluding hydrogens is 635 g/mol. The van der Waals surface area contributed by atoms with Gasteiger partial charge in [-0.05, 0) is 115 Å². The number of nitrogens with zero attached hydrogens (tertiary/aromatic N) is 1. The van der Waals surface area contributed by atoms with Gasteiger partial charge in [0.05, 0.1) is 11.0 Å². The third-order valence-corrected chi connectivity index (χ3v) is 13.1. The first-order valence-corrected chi connectivity index (χ1v) is 18.7. The fraction of sp³-hybridized carbons (Fsp3) is 0.0612. The Morgan fingerprint density at radius 3 is 1.94 bits per heavy atom. The molecule has 0 N–H and O–H groups in total. The molecule has 51 heavy (non-hydrogen) atoms. The van der Waals surface area contributed by atoms with Crippen LogP contribution < -0.4 is 0 Å². The molecule has 12 rings (SSSR count). The van der Waals surface area contributed by atoms with Crippen LogP contribution in [0.25, 0.3) is 103 Å². The Kier molecular flexibility index (Phi) is 5.25. The molecule has 0 amide bonds. The average Bonchev–Trinajstić information content (AvgIpc) is 3.87. The summed E-state index contributed by atoms with van der Waals surface area (Å²) < 4.78 is 5.14. The lowest BCUT2D eigenvalue weighted by Crippen LogP contribution is -2.14. The maximum absolute atomic E-state index is 2.50. The van der Waals surface area contributed by atoms with Gasteiger partial charge in [0.2, 0.25) is 0 Å². The van der Waals surface area contributed by atoms with Crippen LogP contribution >= 0.6 is 11.3 Å². The van der Waals surface area contributed by atoms with Crippen LogP contribution in [-0.2, 0) is 5.41 Å². The normalized spacial score (nSPS) is 13.8. The van der Waals surface area contributed by atoms with Crippen LogP contribution in [0.3, 0.4) is 0 Å². The van der Waals surface area contributed by atoms with Crippen molar-refractivity contribution in [2.75, 3.05) is 0 Å². The van der Waals surface area contributed by atoms with Crippen molar-refractivity contribution >= 4 is 64.1 Å². The molecule has 0 spiro atoms. The lowest BCUT2D eigenvalue weighted by molar-refractivity contribution is 0.661. The number of para-hydroxylation sites is 1. The van der Waals surface area contributed by atoms with Crippen molar-refractivity contribution in [3.8, 4) is 50.2 Å². The van der Waals surface area contributed by atoms with E-state index in [9.17, 15) is 0 Å². The number of aromatic nitrogens is 1. The molecule has 238 valence electrons. The third-order valence-electron chi connectivity index (χ3n) is 11.9. The molecule has 2 aliphatic rings. The van der Waals surface area contributed by atoms with E-state index in [2.05, 4.69) is 170 Å². The summed E-state index contributed by atoms with van der Waals surface area (Å²) in [5, 5.41) is 7.93. The van der Waals surface area contributed by atoms with Gasteiger partial charge < -0.3 is 4.57 Å². The van der Waals surface area contributed by atoms with Gasteiger partial charge in [0.15, 0.2) is 0 Å². The highest BCUT2D eigenvalue weighted by Gasteiger charge is 2.36. The maximum Gasteiger partial charge on any atom is 0.0544 e. The molecule has 2 heteroatoms. The molecule has 0 aliphatic heterocycles. The highest BCUT2D eigenvalue weighted by atomic mass is 32.1. The first kappa shape index (κ1) is 27.8. The van der Waals surface area contributed by atoms with Gasteiger partial charge in [-0.2, -0.15) is 0 Å². The van der Waals surface area contributed by atoms with Gasteiger partial charge in [-0.15, -0.1) is 11.3 Å². The molecule has 2 aliphatic carbocycles. The number of fused-ring (bicyclic) bond motifs is 12. The van der Waals surface area contributed by atoms with Crippen LogP contribution in [0.5, 0.6) is 0 Å². The molecule has 0 unspecified atom stereocenters. The molecule has 0 radical (unpaired) electrons. The van der Waals surface area contributed by atoms with E-state index in [-0.39, 0.29) is 5.41 Å². The van der Waals surface area contributed by atoms with Crippen molar-refractivity contribution in [1.29, 1.82) is 0 Å². The predicted molar refractivity (Wildman–Crippen MR) is 219 cm³/mol. The second kappa shape index (κ2) is 9.63. The molecule has 0 saturated carbocycles. The monoisotopic (exact) mass is 665 g/mol. The Hall–Kier alpha value is -5.96. The Labute approximate surface area is 299 Å².